The van der Waals surface area contributed by atoms with Crippen molar-refractivity contribution in [3.8, 4) is 0 Å². The Morgan fingerprint density at radius 3 is 2.15 bits per heavy atom. The predicted molar refractivity (Wildman–Crippen MR) is 112 cm³/mol. The Morgan fingerprint density at radius 2 is 1.67 bits per heavy atom. The lowest BCUT2D eigenvalue weighted by molar-refractivity contribution is -0.140. The Hall–Kier alpha value is -0.243. The van der Waals surface area contributed by atoms with E-state index < -0.39 is 32.2 Å². The van der Waals surface area contributed by atoms with Crippen molar-refractivity contribution in [3.05, 3.63) is 12.2 Å². The van der Waals surface area contributed by atoms with Gasteiger partial charge in [0.1, 0.15) is 0 Å². The summed E-state index contributed by atoms with van der Waals surface area (Å²) in [6, 6.07) is 0. The second-order valence-electron chi connectivity index (χ2n) is 9.95. The van der Waals surface area contributed by atoms with Gasteiger partial charge >= 0.3 is 0 Å². The third-order valence-electron chi connectivity index (χ3n) is 6.03. The van der Waals surface area contributed by atoms with Gasteiger partial charge in [0, 0.05) is 6.42 Å². The minimum absolute atomic E-state index is 0.0538. The van der Waals surface area contributed by atoms with Crippen molar-refractivity contribution in [1.82, 2.24) is 0 Å². The number of ether oxygens (including phenoxy) is 1. The average molecular weight is 403 g/mol. The van der Waals surface area contributed by atoms with Crippen LogP contribution in [0.25, 0.3) is 0 Å². The van der Waals surface area contributed by atoms with Crippen molar-refractivity contribution in [2.24, 2.45) is 0 Å². The molecule has 1 aliphatic heterocycles. The molecule has 0 radical (unpaired) electrons. The summed E-state index contributed by atoms with van der Waals surface area (Å²) in [6.45, 7) is 16.2. The molecular weight excluding hydrogens is 360 g/mol. The Morgan fingerprint density at radius 1 is 1.11 bits per heavy atom. The van der Waals surface area contributed by atoms with Crippen molar-refractivity contribution in [3.63, 3.8) is 0 Å². The third-order valence-corrected chi connectivity index (χ3v) is 10.5. The molecule has 0 spiro atoms. The summed E-state index contributed by atoms with van der Waals surface area (Å²) in [5.74, 6) is 0. The summed E-state index contributed by atoms with van der Waals surface area (Å²) in [4.78, 5) is 0. The Bertz CT molecular complexity index is 478. The van der Waals surface area contributed by atoms with Crippen molar-refractivity contribution in [2.45, 2.75) is 121 Å². The summed E-state index contributed by atoms with van der Waals surface area (Å²) < 4.78 is 13.0. The van der Waals surface area contributed by atoms with Crippen LogP contribution in [-0.4, -0.2) is 59.8 Å². The molecule has 5 nitrogen and oxygen atoms in total. The van der Waals surface area contributed by atoms with Gasteiger partial charge in [0.2, 0.25) is 0 Å². The molecule has 27 heavy (non-hydrogen) atoms. The molecule has 6 heteroatoms. The van der Waals surface area contributed by atoms with Crippen molar-refractivity contribution >= 4 is 8.32 Å². The lowest BCUT2D eigenvalue weighted by atomic mass is 9.93. The average Bonchev–Trinajstić information content (AvgIpc) is 2.57. The quantitative estimate of drug-likeness (QED) is 0.465. The van der Waals surface area contributed by atoms with Crippen molar-refractivity contribution < 1.29 is 24.5 Å². The van der Waals surface area contributed by atoms with Gasteiger partial charge in [-0.3, -0.25) is 0 Å². The molecule has 3 N–H and O–H groups in total. The molecule has 0 bridgehead atoms. The van der Waals surface area contributed by atoms with Gasteiger partial charge in [-0.1, -0.05) is 39.8 Å². The third kappa shape index (κ3) is 7.26. The van der Waals surface area contributed by atoms with E-state index in [0.29, 0.717) is 19.3 Å². The van der Waals surface area contributed by atoms with Crippen LogP contribution in [0.1, 0.15) is 67.2 Å². The summed E-state index contributed by atoms with van der Waals surface area (Å²) in [5, 5.41) is 31.2. The van der Waals surface area contributed by atoms with E-state index in [1.807, 2.05) is 19.1 Å². The second-order valence-corrected chi connectivity index (χ2v) is 14.7. The number of aliphatic hydroxyl groups excluding tert-OH is 2. The maximum Gasteiger partial charge on any atom is 0.192 e. The second kappa shape index (κ2) is 9.50. The molecule has 1 unspecified atom stereocenters. The Balaban J connectivity index is 3.17. The highest BCUT2D eigenvalue weighted by atomic mass is 28.4. The summed E-state index contributed by atoms with van der Waals surface area (Å²) in [7, 11) is -2.06. The predicted octanol–water partition coefficient (Wildman–Crippen LogP) is 3.77. The van der Waals surface area contributed by atoms with Gasteiger partial charge in [0.25, 0.3) is 0 Å². The van der Waals surface area contributed by atoms with E-state index in [-0.39, 0.29) is 23.7 Å². The molecule has 0 fully saturated rings. The Labute approximate surface area is 166 Å². The van der Waals surface area contributed by atoms with E-state index in [2.05, 4.69) is 33.9 Å². The van der Waals surface area contributed by atoms with E-state index in [9.17, 15) is 15.3 Å². The number of rotatable bonds is 6. The van der Waals surface area contributed by atoms with Crippen molar-refractivity contribution in [2.75, 3.05) is 0 Å². The van der Waals surface area contributed by atoms with E-state index >= 15 is 0 Å². The molecule has 0 aliphatic carbocycles. The zero-order valence-electron chi connectivity index (χ0n) is 18.5. The molecule has 1 rings (SSSR count). The first kappa shape index (κ1) is 24.8. The number of hydrogen-bond acceptors (Lipinski definition) is 5. The fourth-order valence-corrected chi connectivity index (χ4v) is 4.29. The normalized spacial score (nSPS) is 30.9. The van der Waals surface area contributed by atoms with E-state index in [1.54, 1.807) is 13.8 Å². The van der Waals surface area contributed by atoms with E-state index in [4.69, 9.17) is 9.16 Å². The molecule has 1 aliphatic rings. The fraction of sp³-hybridized carbons (Fsp3) is 0.905. The molecule has 0 amide bonds. The molecule has 0 saturated heterocycles. The van der Waals surface area contributed by atoms with E-state index in [1.165, 1.54) is 0 Å². The topological polar surface area (TPSA) is 79.2 Å². The fourth-order valence-electron chi connectivity index (χ4n) is 2.94. The monoisotopic (exact) mass is 402 g/mol. The lowest BCUT2D eigenvalue weighted by Crippen LogP contribution is -2.50. The maximum absolute atomic E-state index is 10.5. The molecule has 1 heterocycles. The van der Waals surface area contributed by atoms with Crippen LogP contribution in [0.4, 0.5) is 0 Å². The van der Waals surface area contributed by atoms with Crippen LogP contribution >= 0.6 is 0 Å². The smallest absolute Gasteiger partial charge is 0.192 e. The minimum Gasteiger partial charge on any atom is -0.411 e. The van der Waals surface area contributed by atoms with Gasteiger partial charge in [0.15, 0.2) is 8.32 Å². The molecule has 160 valence electrons. The molecule has 0 aromatic rings. The minimum atomic E-state index is -2.06. The molecule has 5 atom stereocenters. The molecule has 0 aromatic heterocycles. The van der Waals surface area contributed by atoms with Crippen LogP contribution in [0, 0.1) is 0 Å². The van der Waals surface area contributed by atoms with Gasteiger partial charge in [0.05, 0.1) is 36.1 Å². The highest BCUT2D eigenvalue weighted by Crippen LogP contribution is 2.39. The summed E-state index contributed by atoms with van der Waals surface area (Å²) >= 11 is 0. The summed E-state index contributed by atoms with van der Waals surface area (Å²) in [6.07, 6.45) is 3.73. The SMILES string of the molecule is CC[C@@H]1O[C@@H](CC(O)C(C)(C)O)[C@H](O[Si](C)(C)C(C)(C)C)C/C=C\C[C@H]1O. The van der Waals surface area contributed by atoms with Crippen LogP contribution in [-0.2, 0) is 9.16 Å². The molecular formula is C21H42O5Si. The highest BCUT2D eigenvalue weighted by Gasteiger charge is 2.42. The number of aliphatic hydroxyl groups is 3. The number of hydrogen-bond donors (Lipinski definition) is 3. The largest absolute Gasteiger partial charge is 0.411 e. The highest BCUT2D eigenvalue weighted by molar-refractivity contribution is 6.74. The standard InChI is InChI=1S/C21H42O5Si/c1-9-16-15(22)12-10-11-13-17(26-27(7,8)20(2,3)4)18(25-16)14-19(23)21(5,6)24/h10-11,15-19,22-24H,9,12-14H2,1-8H3/b11-10-/t15-,16+,17-,18+,19?/m1/s1. The van der Waals surface area contributed by atoms with Crippen molar-refractivity contribution in [1.29, 1.82) is 0 Å². The zero-order chi connectivity index (χ0) is 21.0. The van der Waals surface area contributed by atoms with Crippen LogP contribution in [0.3, 0.4) is 0 Å². The lowest BCUT2D eigenvalue weighted by Gasteiger charge is -2.42. The molecule has 0 aromatic carbocycles. The first-order valence-electron chi connectivity index (χ1n) is 10.3. The summed E-state index contributed by atoms with van der Waals surface area (Å²) in [5.41, 5.74) is -1.22. The van der Waals surface area contributed by atoms with Crippen LogP contribution in [0.5, 0.6) is 0 Å². The van der Waals surface area contributed by atoms with E-state index in [0.717, 1.165) is 0 Å². The van der Waals surface area contributed by atoms with Crippen LogP contribution in [0.15, 0.2) is 12.2 Å². The first-order valence-corrected chi connectivity index (χ1v) is 13.2. The molecule has 0 saturated carbocycles. The van der Waals surface area contributed by atoms with Gasteiger partial charge in [-0.05, 0) is 51.2 Å². The van der Waals surface area contributed by atoms with Crippen LogP contribution in [0.2, 0.25) is 18.1 Å². The zero-order valence-corrected chi connectivity index (χ0v) is 19.5. The maximum atomic E-state index is 10.5. The van der Waals surface area contributed by atoms with Gasteiger partial charge in [-0.15, -0.1) is 0 Å². The van der Waals surface area contributed by atoms with Crippen LogP contribution < -0.4 is 0 Å². The van der Waals surface area contributed by atoms with Gasteiger partial charge in [-0.2, -0.15) is 0 Å². The van der Waals surface area contributed by atoms with Gasteiger partial charge in [-0.25, -0.2) is 0 Å². The first-order chi connectivity index (χ1) is 12.2. The Kier molecular flexibility index (Phi) is 8.73. The van der Waals surface area contributed by atoms with Gasteiger partial charge < -0.3 is 24.5 Å².